The van der Waals surface area contributed by atoms with Crippen LogP contribution in [0.25, 0.3) is 11.5 Å². The fraction of sp³-hybridized carbons (Fsp3) is 0.476. The fourth-order valence-electron chi connectivity index (χ4n) is 3.37. The number of halogens is 1. The molecule has 1 saturated heterocycles. The van der Waals surface area contributed by atoms with Crippen molar-refractivity contribution in [3.63, 3.8) is 0 Å². The number of carbonyl (C=O) groups excluding carboxylic acids is 1. The third-order valence-electron chi connectivity index (χ3n) is 4.93. The lowest BCUT2D eigenvalue weighted by atomic mass is 9.97. The first-order chi connectivity index (χ1) is 14.1. The van der Waals surface area contributed by atoms with Crippen LogP contribution in [0.5, 0.6) is 0 Å². The van der Waals surface area contributed by atoms with Gasteiger partial charge in [-0.3, -0.25) is 9.79 Å². The first kappa shape index (κ1) is 20.8. The van der Waals surface area contributed by atoms with E-state index in [1.165, 1.54) is 12.1 Å². The van der Waals surface area contributed by atoms with Crippen molar-refractivity contribution in [3.8, 4) is 11.5 Å². The van der Waals surface area contributed by atoms with Gasteiger partial charge in [0.15, 0.2) is 5.96 Å². The highest BCUT2D eigenvalue weighted by Gasteiger charge is 2.27. The highest BCUT2D eigenvalue weighted by molar-refractivity contribution is 5.80. The number of esters is 1. The smallest absolute Gasteiger partial charge is 0.309 e. The van der Waals surface area contributed by atoms with Crippen LogP contribution in [0.1, 0.15) is 25.5 Å². The van der Waals surface area contributed by atoms with Crippen LogP contribution in [0, 0.1) is 11.7 Å². The molecule has 7 nitrogen and oxygen atoms in total. The summed E-state index contributed by atoms with van der Waals surface area (Å²) in [5.74, 6) is 0.879. The molecule has 1 aliphatic heterocycles. The van der Waals surface area contributed by atoms with Gasteiger partial charge in [-0.2, -0.15) is 0 Å². The van der Waals surface area contributed by atoms with Crippen LogP contribution in [0.3, 0.4) is 0 Å². The molecule has 29 heavy (non-hydrogen) atoms. The van der Waals surface area contributed by atoms with Crippen molar-refractivity contribution < 1.29 is 18.3 Å². The number of likely N-dealkylation sites (tertiary alicyclic amines) is 1. The quantitative estimate of drug-likeness (QED) is 0.455. The molecule has 0 atom stereocenters. The molecule has 1 aromatic heterocycles. The van der Waals surface area contributed by atoms with Gasteiger partial charge in [0.25, 0.3) is 0 Å². The monoisotopic (exact) mass is 402 g/mol. The van der Waals surface area contributed by atoms with Crippen LogP contribution in [0.15, 0.2) is 39.9 Å². The second kappa shape index (κ2) is 10.0. The lowest BCUT2D eigenvalue weighted by Crippen LogP contribution is -2.47. The molecule has 0 radical (unpaired) electrons. The van der Waals surface area contributed by atoms with Crippen molar-refractivity contribution in [2.24, 2.45) is 10.9 Å². The van der Waals surface area contributed by atoms with Gasteiger partial charge in [0.2, 0.25) is 5.89 Å². The number of guanidine groups is 1. The number of aliphatic imine (C=N–C) groups is 1. The maximum Gasteiger partial charge on any atom is 0.309 e. The first-order valence-electron chi connectivity index (χ1n) is 9.93. The van der Waals surface area contributed by atoms with Crippen LogP contribution in [0.4, 0.5) is 4.39 Å². The molecule has 1 aliphatic rings. The normalized spacial score (nSPS) is 15.4. The Morgan fingerprint density at radius 3 is 2.72 bits per heavy atom. The summed E-state index contributed by atoms with van der Waals surface area (Å²) in [7, 11) is 1.75. The van der Waals surface area contributed by atoms with Gasteiger partial charge >= 0.3 is 5.97 Å². The fourth-order valence-corrected chi connectivity index (χ4v) is 3.37. The third-order valence-corrected chi connectivity index (χ3v) is 4.93. The average Bonchev–Trinajstić information content (AvgIpc) is 3.21. The molecule has 156 valence electrons. The Morgan fingerprint density at radius 2 is 2.07 bits per heavy atom. The number of hydrogen-bond donors (Lipinski definition) is 1. The summed E-state index contributed by atoms with van der Waals surface area (Å²) in [5.41, 5.74) is 1.55. The number of oxazole rings is 1. The number of carbonyl (C=O) groups is 1. The average molecular weight is 402 g/mol. The van der Waals surface area contributed by atoms with Gasteiger partial charge < -0.3 is 19.4 Å². The number of hydrogen-bond acceptors (Lipinski definition) is 5. The van der Waals surface area contributed by atoms with Crippen LogP contribution in [0.2, 0.25) is 0 Å². The van der Waals surface area contributed by atoms with E-state index in [1.54, 1.807) is 25.4 Å². The zero-order chi connectivity index (χ0) is 20.6. The molecule has 8 heteroatoms. The van der Waals surface area contributed by atoms with E-state index in [9.17, 15) is 9.18 Å². The minimum atomic E-state index is -0.289. The highest BCUT2D eigenvalue weighted by Crippen LogP contribution is 2.20. The number of nitrogens with one attached hydrogen (secondary N) is 1. The molecular formula is C21H27FN4O3. The summed E-state index contributed by atoms with van der Waals surface area (Å²) < 4.78 is 23.7. The predicted octanol–water partition coefficient (Wildman–Crippen LogP) is 2.87. The molecule has 0 aliphatic carbocycles. The molecule has 0 spiro atoms. The minimum Gasteiger partial charge on any atom is -0.466 e. The van der Waals surface area contributed by atoms with E-state index >= 15 is 0 Å². The number of aromatic nitrogens is 1. The molecule has 2 aromatic rings. The molecule has 3 rings (SSSR count). The van der Waals surface area contributed by atoms with E-state index in [-0.39, 0.29) is 17.7 Å². The van der Waals surface area contributed by atoms with Gasteiger partial charge in [-0.1, -0.05) is 0 Å². The Hall–Kier alpha value is -2.90. The Kier molecular flexibility index (Phi) is 7.21. The SMILES string of the molecule is CCOC(=O)C1CCN(C(=NC)NCCc2coc(-c3ccc(F)cc3)n2)CC1. The van der Waals surface area contributed by atoms with Gasteiger partial charge in [0.05, 0.1) is 18.2 Å². The molecule has 2 heterocycles. The molecule has 0 unspecified atom stereocenters. The molecule has 1 fully saturated rings. The van der Waals surface area contributed by atoms with Crippen LogP contribution < -0.4 is 5.32 Å². The summed E-state index contributed by atoms with van der Waals surface area (Å²) in [6, 6.07) is 6.06. The first-order valence-corrected chi connectivity index (χ1v) is 9.93. The Balaban J connectivity index is 1.46. The van der Waals surface area contributed by atoms with E-state index < -0.39 is 0 Å². The minimum absolute atomic E-state index is 0.0238. The van der Waals surface area contributed by atoms with Crippen LogP contribution in [-0.4, -0.2) is 55.1 Å². The predicted molar refractivity (Wildman–Crippen MR) is 108 cm³/mol. The number of benzene rings is 1. The number of piperidine rings is 1. The molecule has 0 amide bonds. The Morgan fingerprint density at radius 1 is 1.34 bits per heavy atom. The summed E-state index contributed by atoms with van der Waals surface area (Å²) in [5, 5.41) is 3.34. The van der Waals surface area contributed by atoms with Crippen LogP contribution >= 0.6 is 0 Å². The standard InChI is InChI=1S/C21H27FN4O3/c1-3-28-20(27)16-9-12-26(13-10-16)21(23-2)24-11-8-18-14-29-19(25-18)15-4-6-17(22)7-5-15/h4-7,14,16H,3,8-13H2,1-2H3,(H,23,24). The van der Waals surface area contributed by atoms with Gasteiger partial charge in [-0.05, 0) is 44.0 Å². The summed E-state index contributed by atoms with van der Waals surface area (Å²) >= 11 is 0. The largest absolute Gasteiger partial charge is 0.466 e. The van der Waals surface area contributed by atoms with E-state index in [0.29, 0.717) is 25.5 Å². The molecule has 0 bridgehead atoms. The van der Waals surface area contributed by atoms with E-state index in [2.05, 4.69) is 20.2 Å². The van der Waals surface area contributed by atoms with Crippen molar-refractivity contribution in [3.05, 3.63) is 42.0 Å². The molecule has 0 saturated carbocycles. The van der Waals surface area contributed by atoms with Crippen molar-refractivity contribution in [2.45, 2.75) is 26.2 Å². The summed E-state index contributed by atoms with van der Waals surface area (Å²) in [6.07, 6.45) is 3.82. The molecule has 1 aromatic carbocycles. The zero-order valence-electron chi connectivity index (χ0n) is 16.9. The Labute approximate surface area is 170 Å². The van der Waals surface area contributed by atoms with Crippen molar-refractivity contribution in [2.75, 3.05) is 33.3 Å². The maximum atomic E-state index is 13.0. The van der Waals surface area contributed by atoms with Gasteiger partial charge in [-0.25, -0.2) is 9.37 Å². The topological polar surface area (TPSA) is 80.0 Å². The maximum absolute atomic E-state index is 13.0. The van der Waals surface area contributed by atoms with Crippen molar-refractivity contribution in [1.29, 1.82) is 0 Å². The Bertz CT molecular complexity index is 827. The number of nitrogens with zero attached hydrogens (tertiary/aromatic N) is 3. The number of ether oxygens (including phenoxy) is 1. The van der Waals surface area contributed by atoms with Gasteiger partial charge in [0, 0.05) is 38.7 Å². The van der Waals surface area contributed by atoms with Gasteiger partial charge in [0.1, 0.15) is 12.1 Å². The van der Waals surface area contributed by atoms with Gasteiger partial charge in [-0.15, -0.1) is 0 Å². The van der Waals surface area contributed by atoms with Crippen LogP contribution in [-0.2, 0) is 16.0 Å². The number of rotatable bonds is 6. The second-order valence-corrected chi connectivity index (χ2v) is 6.89. The lowest BCUT2D eigenvalue weighted by Gasteiger charge is -2.33. The van der Waals surface area contributed by atoms with E-state index in [0.717, 1.165) is 43.1 Å². The molecule has 1 N–H and O–H groups in total. The lowest BCUT2D eigenvalue weighted by molar-refractivity contribution is -0.149. The molecular weight excluding hydrogens is 375 g/mol. The second-order valence-electron chi connectivity index (χ2n) is 6.89. The zero-order valence-corrected chi connectivity index (χ0v) is 16.9. The van der Waals surface area contributed by atoms with Crippen molar-refractivity contribution >= 4 is 11.9 Å². The summed E-state index contributed by atoms with van der Waals surface area (Å²) in [4.78, 5) is 22.8. The highest BCUT2D eigenvalue weighted by atomic mass is 19.1. The van der Waals surface area contributed by atoms with E-state index in [1.807, 2.05) is 6.92 Å². The van der Waals surface area contributed by atoms with E-state index in [4.69, 9.17) is 9.15 Å². The summed E-state index contributed by atoms with van der Waals surface area (Å²) in [6.45, 7) is 4.44. The third kappa shape index (κ3) is 5.56. The van der Waals surface area contributed by atoms with Crippen molar-refractivity contribution in [1.82, 2.24) is 15.2 Å².